The molecule has 1 aromatic rings. The summed E-state index contributed by atoms with van der Waals surface area (Å²) in [5, 5.41) is 3.15. The van der Waals surface area contributed by atoms with Crippen molar-refractivity contribution in [2.45, 2.75) is 31.2 Å². The fourth-order valence-corrected chi connectivity index (χ4v) is 3.33. The number of benzene rings is 1. The van der Waals surface area contributed by atoms with E-state index in [9.17, 15) is 8.42 Å². The highest BCUT2D eigenvalue weighted by Crippen LogP contribution is 2.28. The summed E-state index contributed by atoms with van der Waals surface area (Å²) in [6, 6.07) is 4.42. The molecule has 124 valence electrons. The van der Waals surface area contributed by atoms with E-state index in [0.29, 0.717) is 0 Å². The molecular weight excluding hydrogens is 347 g/mol. The van der Waals surface area contributed by atoms with Crippen molar-refractivity contribution in [1.29, 1.82) is 0 Å². The van der Waals surface area contributed by atoms with Gasteiger partial charge in [-0.2, -0.15) is 0 Å². The molecule has 0 aliphatic heterocycles. The summed E-state index contributed by atoms with van der Waals surface area (Å²) in [6.45, 7) is 6.13. The van der Waals surface area contributed by atoms with Crippen LogP contribution in [0.1, 0.15) is 20.8 Å². The highest BCUT2D eigenvalue weighted by Gasteiger charge is 2.18. The van der Waals surface area contributed by atoms with E-state index in [-0.39, 0.29) is 39.5 Å². The van der Waals surface area contributed by atoms with Crippen LogP contribution in [0.15, 0.2) is 28.1 Å². The summed E-state index contributed by atoms with van der Waals surface area (Å²) in [5.41, 5.74) is 5.48. The van der Waals surface area contributed by atoms with E-state index < -0.39 is 10.0 Å². The Hall–Kier alpha value is -1.02. The lowest BCUT2D eigenvalue weighted by atomic mass is 10.1. The quantitative estimate of drug-likeness (QED) is 0.421. The number of nitrogens with two attached hydrogens (primary N) is 1. The molecule has 0 heterocycles. The van der Waals surface area contributed by atoms with Crippen molar-refractivity contribution in [1.82, 2.24) is 10.0 Å². The average Bonchev–Trinajstić information content (AvgIpc) is 2.35. The standard InChI is InChI=1S/C13H20Cl2N4O2S/c1-13(2,3)19-12(16)17-7-8-18-22(20,21)10-6-4-5-9(14)11(10)15/h4-6,18H,7-8H2,1-3H3,(H3,16,17,19). The van der Waals surface area contributed by atoms with Gasteiger partial charge in [-0.05, 0) is 32.9 Å². The molecule has 0 radical (unpaired) electrons. The van der Waals surface area contributed by atoms with Gasteiger partial charge in [0.1, 0.15) is 4.90 Å². The van der Waals surface area contributed by atoms with Gasteiger partial charge < -0.3 is 11.1 Å². The van der Waals surface area contributed by atoms with E-state index in [4.69, 9.17) is 28.9 Å². The molecule has 0 unspecified atom stereocenters. The maximum Gasteiger partial charge on any atom is 0.242 e. The molecule has 6 nitrogen and oxygen atoms in total. The summed E-state index contributed by atoms with van der Waals surface area (Å²) < 4.78 is 26.7. The highest BCUT2D eigenvalue weighted by atomic mass is 35.5. The fourth-order valence-electron chi connectivity index (χ4n) is 1.55. The molecule has 1 rings (SSSR count). The van der Waals surface area contributed by atoms with E-state index in [0.717, 1.165) is 0 Å². The van der Waals surface area contributed by atoms with Crippen LogP contribution < -0.4 is 15.8 Å². The molecule has 4 N–H and O–H groups in total. The smallest absolute Gasteiger partial charge is 0.242 e. The number of guanidine groups is 1. The predicted molar refractivity (Wildman–Crippen MR) is 91.0 cm³/mol. The van der Waals surface area contributed by atoms with Crippen LogP contribution >= 0.6 is 23.2 Å². The molecule has 0 aliphatic rings. The molecular formula is C13H20Cl2N4O2S. The summed E-state index contributed by atoms with van der Waals surface area (Å²) in [6.07, 6.45) is 0. The maximum atomic E-state index is 12.1. The Morgan fingerprint density at radius 2 is 1.95 bits per heavy atom. The number of nitrogens with one attached hydrogen (secondary N) is 2. The van der Waals surface area contributed by atoms with Crippen LogP contribution in [0.25, 0.3) is 0 Å². The summed E-state index contributed by atoms with van der Waals surface area (Å²) >= 11 is 11.7. The van der Waals surface area contributed by atoms with Crippen molar-refractivity contribution in [2.75, 3.05) is 13.1 Å². The van der Waals surface area contributed by atoms with Gasteiger partial charge in [-0.1, -0.05) is 29.3 Å². The lowest BCUT2D eigenvalue weighted by Gasteiger charge is -2.21. The molecule has 0 saturated heterocycles. The van der Waals surface area contributed by atoms with Crippen molar-refractivity contribution in [3.63, 3.8) is 0 Å². The highest BCUT2D eigenvalue weighted by molar-refractivity contribution is 7.89. The zero-order valence-corrected chi connectivity index (χ0v) is 15.0. The number of nitrogens with zero attached hydrogens (tertiary/aromatic N) is 1. The Balaban J connectivity index is 2.64. The van der Waals surface area contributed by atoms with Gasteiger partial charge in [0.25, 0.3) is 0 Å². The topological polar surface area (TPSA) is 96.6 Å². The number of sulfonamides is 1. The zero-order chi connectivity index (χ0) is 17.0. The summed E-state index contributed by atoms with van der Waals surface area (Å²) in [4.78, 5) is 3.98. The van der Waals surface area contributed by atoms with Gasteiger partial charge in [-0.25, -0.2) is 13.1 Å². The summed E-state index contributed by atoms with van der Waals surface area (Å²) in [7, 11) is -3.74. The van der Waals surface area contributed by atoms with E-state index in [1.54, 1.807) is 0 Å². The molecule has 9 heteroatoms. The number of aliphatic imine (C=N–C) groups is 1. The Morgan fingerprint density at radius 3 is 2.55 bits per heavy atom. The lowest BCUT2D eigenvalue weighted by molar-refractivity contribution is 0.508. The van der Waals surface area contributed by atoms with Gasteiger partial charge in [0, 0.05) is 12.1 Å². The molecule has 22 heavy (non-hydrogen) atoms. The van der Waals surface area contributed by atoms with Crippen LogP contribution in [0.4, 0.5) is 0 Å². The van der Waals surface area contributed by atoms with E-state index in [1.165, 1.54) is 18.2 Å². The van der Waals surface area contributed by atoms with Crippen LogP contribution in [-0.4, -0.2) is 33.0 Å². The van der Waals surface area contributed by atoms with Gasteiger partial charge in [-0.3, -0.25) is 4.99 Å². The molecule has 0 aliphatic carbocycles. The Morgan fingerprint density at radius 1 is 1.32 bits per heavy atom. The molecule has 1 aromatic carbocycles. The minimum atomic E-state index is -3.74. The molecule has 0 aromatic heterocycles. The average molecular weight is 367 g/mol. The molecule has 0 atom stereocenters. The van der Waals surface area contributed by atoms with E-state index in [1.807, 2.05) is 20.8 Å². The minimum Gasteiger partial charge on any atom is -0.370 e. The molecule has 0 fully saturated rings. The Kier molecular flexibility index (Phi) is 6.49. The predicted octanol–water partition coefficient (Wildman–Crippen LogP) is 1.97. The number of hydrogen-bond acceptors (Lipinski definition) is 3. The van der Waals surface area contributed by atoms with Crippen LogP contribution in [0, 0.1) is 0 Å². The second kappa shape index (κ2) is 7.50. The number of hydrogen-bond donors (Lipinski definition) is 3. The third-order valence-electron chi connectivity index (χ3n) is 2.39. The van der Waals surface area contributed by atoms with Crippen LogP contribution in [0.5, 0.6) is 0 Å². The largest absolute Gasteiger partial charge is 0.370 e. The van der Waals surface area contributed by atoms with Gasteiger partial charge in [0.2, 0.25) is 10.0 Å². The van der Waals surface area contributed by atoms with E-state index in [2.05, 4.69) is 15.0 Å². The number of halogens is 2. The molecule has 0 saturated carbocycles. The first-order valence-electron chi connectivity index (χ1n) is 6.55. The fraction of sp³-hybridized carbons (Fsp3) is 0.462. The monoisotopic (exact) mass is 366 g/mol. The lowest BCUT2D eigenvalue weighted by Crippen LogP contribution is -2.45. The first kappa shape index (κ1) is 19.0. The van der Waals surface area contributed by atoms with Crippen molar-refractivity contribution >= 4 is 39.2 Å². The zero-order valence-electron chi connectivity index (χ0n) is 12.7. The summed E-state index contributed by atoms with van der Waals surface area (Å²) in [5.74, 6) is 0.257. The minimum absolute atomic E-state index is 0.00548. The van der Waals surface area contributed by atoms with Crippen LogP contribution in [0.3, 0.4) is 0 Å². The van der Waals surface area contributed by atoms with Gasteiger partial charge in [-0.15, -0.1) is 0 Å². The molecule has 0 amide bonds. The Bertz CT molecular complexity index is 654. The third-order valence-corrected chi connectivity index (χ3v) is 4.83. The van der Waals surface area contributed by atoms with E-state index >= 15 is 0 Å². The second-order valence-corrected chi connectivity index (χ2v) is 8.11. The van der Waals surface area contributed by atoms with Gasteiger partial charge in [0.05, 0.1) is 16.6 Å². The SMILES string of the molecule is CC(C)(C)NC(N)=NCCNS(=O)(=O)c1cccc(Cl)c1Cl. The maximum absolute atomic E-state index is 12.1. The van der Waals surface area contributed by atoms with Crippen LogP contribution in [-0.2, 0) is 10.0 Å². The molecule has 0 bridgehead atoms. The number of rotatable bonds is 5. The van der Waals surface area contributed by atoms with Crippen molar-refractivity contribution in [3.05, 3.63) is 28.2 Å². The van der Waals surface area contributed by atoms with Crippen molar-refractivity contribution in [3.8, 4) is 0 Å². The van der Waals surface area contributed by atoms with Crippen molar-refractivity contribution in [2.24, 2.45) is 10.7 Å². The normalized spacial score (nSPS) is 13.2. The van der Waals surface area contributed by atoms with Crippen LogP contribution in [0.2, 0.25) is 10.0 Å². The third kappa shape index (κ3) is 6.00. The van der Waals surface area contributed by atoms with Gasteiger partial charge >= 0.3 is 0 Å². The first-order valence-corrected chi connectivity index (χ1v) is 8.78. The molecule has 0 spiro atoms. The first-order chi connectivity index (χ1) is 10.0. The van der Waals surface area contributed by atoms with Gasteiger partial charge in [0.15, 0.2) is 5.96 Å². The van der Waals surface area contributed by atoms with Crippen molar-refractivity contribution < 1.29 is 8.42 Å². The Labute approximate surface area is 141 Å². The second-order valence-electron chi connectivity index (χ2n) is 5.59.